The Balaban J connectivity index is 1.80. The number of aromatic nitrogens is 2. The van der Waals surface area contributed by atoms with E-state index >= 15 is 0 Å². The van der Waals surface area contributed by atoms with E-state index in [4.69, 9.17) is 16.3 Å². The Morgan fingerprint density at radius 3 is 2.70 bits per heavy atom. The van der Waals surface area contributed by atoms with Gasteiger partial charge in [-0.3, -0.25) is 9.48 Å². The highest BCUT2D eigenvalue weighted by Crippen LogP contribution is 2.26. The average Bonchev–Trinajstić information content (AvgIpc) is 2.80. The highest BCUT2D eigenvalue weighted by molar-refractivity contribution is 6.33. The molecule has 1 atom stereocenters. The molecule has 5 nitrogen and oxygen atoms in total. The Labute approximate surface area is 138 Å². The second kappa shape index (κ2) is 6.29. The number of hydrogen-bond acceptors (Lipinski definition) is 3. The number of nitrogens with zero attached hydrogens (tertiary/aromatic N) is 3. The zero-order valence-electron chi connectivity index (χ0n) is 12.9. The van der Waals surface area contributed by atoms with Crippen LogP contribution >= 0.6 is 11.6 Å². The third-order valence-electron chi connectivity index (χ3n) is 3.96. The fourth-order valence-electron chi connectivity index (χ4n) is 2.74. The highest BCUT2D eigenvalue weighted by atomic mass is 35.5. The van der Waals surface area contributed by atoms with Crippen molar-refractivity contribution in [3.8, 4) is 0 Å². The van der Waals surface area contributed by atoms with Crippen molar-refractivity contribution in [3.05, 3.63) is 52.1 Å². The van der Waals surface area contributed by atoms with Gasteiger partial charge in [-0.2, -0.15) is 5.10 Å². The van der Waals surface area contributed by atoms with E-state index in [-0.39, 0.29) is 17.8 Å². The van der Waals surface area contributed by atoms with Gasteiger partial charge in [0, 0.05) is 13.6 Å². The summed E-state index contributed by atoms with van der Waals surface area (Å²) in [5, 5.41) is 4.51. The predicted octanol–water partition coefficient (Wildman–Crippen LogP) is 2.73. The Hall–Kier alpha value is -1.92. The van der Waals surface area contributed by atoms with Gasteiger partial charge in [0.2, 0.25) is 0 Å². The monoisotopic (exact) mass is 337 g/mol. The van der Waals surface area contributed by atoms with Crippen LogP contribution in [0.5, 0.6) is 0 Å². The summed E-state index contributed by atoms with van der Waals surface area (Å²) in [6.07, 6.45) is -0.274. The molecule has 0 unspecified atom stereocenters. The van der Waals surface area contributed by atoms with Crippen LogP contribution in [0.3, 0.4) is 0 Å². The van der Waals surface area contributed by atoms with Crippen molar-refractivity contribution in [1.29, 1.82) is 0 Å². The van der Waals surface area contributed by atoms with Crippen molar-refractivity contribution >= 4 is 17.5 Å². The van der Waals surface area contributed by atoms with Crippen molar-refractivity contribution < 1.29 is 13.9 Å². The van der Waals surface area contributed by atoms with Gasteiger partial charge < -0.3 is 9.64 Å². The van der Waals surface area contributed by atoms with E-state index in [1.54, 1.807) is 31.0 Å². The number of hydrogen-bond donors (Lipinski definition) is 0. The lowest BCUT2D eigenvalue weighted by molar-refractivity contribution is -0.0228. The molecule has 2 heterocycles. The summed E-state index contributed by atoms with van der Waals surface area (Å²) in [6.45, 7) is 3.07. The Morgan fingerprint density at radius 1 is 1.39 bits per heavy atom. The van der Waals surface area contributed by atoms with E-state index in [1.807, 2.05) is 0 Å². The fourth-order valence-corrected chi connectivity index (χ4v) is 3.00. The summed E-state index contributed by atoms with van der Waals surface area (Å²) in [5.74, 6) is -0.453. The van der Waals surface area contributed by atoms with Gasteiger partial charge in [0.1, 0.15) is 17.1 Å². The van der Waals surface area contributed by atoms with Gasteiger partial charge in [0.25, 0.3) is 5.91 Å². The van der Waals surface area contributed by atoms with Crippen LogP contribution in [0.2, 0.25) is 5.15 Å². The summed E-state index contributed by atoms with van der Waals surface area (Å²) >= 11 is 6.18. The van der Waals surface area contributed by atoms with Crippen LogP contribution in [0.25, 0.3) is 0 Å². The van der Waals surface area contributed by atoms with Crippen LogP contribution in [-0.4, -0.2) is 40.3 Å². The number of carbonyl (C=O) groups is 1. The molecule has 1 aromatic carbocycles. The maximum absolute atomic E-state index is 13.0. The quantitative estimate of drug-likeness (QED) is 0.846. The molecule has 0 radical (unpaired) electrons. The number of rotatable bonds is 2. The molecule has 1 saturated heterocycles. The minimum atomic E-state index is -0.296. The summed E-state index contributed by atoms with van der Waals surface area (Å²) in [4.78, 5) is 14.5. The van der Waals surface area contributed by atoms with Crippen molar-refractivity contribution in [2.75, 3.05) is 19.7 Å². The van der Waals surface area contributed by atoms with Gasteiger partial charge in [0.15, 0.2) is 0 Å². The predicted molar refractivity (Wildman–Crippen MR) is 84.0 cm³/mol. The number of aryl methyl sites for hydroxylation is 2. The first-order valence-electron chi connectivity index (χ1n) is 7.33. The smallest absolute Gasteiger partial charge is 0.259 e. The van der Waals surface area contributed by atoms with Crippen LogP contribution in [0.4, 0.5) is 4.39 Å². The van der Waals surface area contributed by atoms with Gasteiger partial charge in [0.05, 0.1) is 24.4 Å². The van der Waals surface area contributed by atoms with Crippen LogP contribution in [-0.2, 0) is 11.8 Å². The molecule has 2 aromatic rings. The van der Waals surface area contributed by atoms with Gasteiger partial charge >= 0.3 is 0 Å². The molecule has 0 bridgehead atoms. The molecule has 0 saturated carbocycles. The van der Waals surface area contributed by atoms with Crippen LogP contribution in [0.15, 0.2) is 24.3 Å². The topological polar surface area (TPSA) is 47.4 Å². The van der Waals surface area contributed by atoms with E-state index in [9.17, 15) is 9.18 Å². The minimum absolute atomic E-state index is 0.156. The molecule has 1 aromatic heterocycles. The van der Waals surface area contributed by atoms with E-state index in [0.717, 1.165) is 5.56 Å². The molecule has 3 rings (SSSR count). The maximum atomic E-state index is 13.0. The van der Waals surface area contributed by atoms with E-state index < -0.39 is 0 Å². The second-order valence-electron chi connectivity index (χ2n) is 5.54. The summed E-state index contributed by atoms with van der Waals surface area (Å²) in [5.41, 5.74) is 1.87. The largest absolute Gasteiger partial charge is 0.370 e. The van der Waals surface area contributed by atoms with Crippen molar-refractivity contribution in [2.45, 2.75) is 13.0 Å². The number of benzene rings is 1. The van der Waals surface area contributed by atoms with Gasteiger partial charge in [-0.15, -0.1) is 0 Å². The Bertz CT molecular complexity index is 730. The number of halogens is 2. The van der Waals surface area contributed by atoms with E-state index in [0.29, 0.717) is 36.1 Å². The highest BCUT2D eigenvalue weighted by Gasteiger charge is 2.29. The molecule has 0 spiro atoms. The lowest BCUT2D eigenvalue weighted by atomic mass is 10.1. The number of ether oxygens (including phenoxy) is 1. The SMILES string of the molecule is Cc1nn(C)c(Cl)c1C(=O)N1CCO[C@H](c2ccc(F)cc2)C1. The van der Waals surface area contributed by atoms with E-state index in [1.165, 1.54) is 16.8 Å². The summed E-state index contributed by atoms with van der Waals surface area (Å²) in [6, 6.07) is 6.13. The van der Waals surface area contributed by atoms with Crippen molar-refractivity contribution in [2.24, 2.45) is 7.05 Å². The molecule has 0 aliphatic carbocycles. The first-order chi connectivity index (χ1) is 11.0. The van der Waals surface area contributed by atoms with Crippen molar-refractivity contribution in [1.82, 2.24) is 14.7 Å². The van der Waals surface area contributed by atoms with Gasteiger partial charge in [-0.25, -0.2) is 4.39 Å². The molecular weight excluding hydrogens is 321 g/mol. The van der Waals surface area contributed by atoms with Crippen LogP contribution in [0.1, 0.15) is 27.7 Å². The lowest BCUT2D eigenvalue weighted by Gasteiger charge is -2.33. The Kier molecular flexibility index (Phi) is 4.37. The zero-order valence-corrected chi connectivity index (χ0v) is 13.7. The van der Waals surface area contributed by atoms with E-state index in [2.05, 4.69) is 5.10 Å². The molecule has 1 amide bonds. The first-order valence-corrected chi connectivity index (χ1v) is 7.70. The van der Waals surface area contributed by atoms with Crippen LogP contribution in [0, 0.1) is 12.7 Å². The Morgan fingerprint density at radius 2 is 2.09 bits per heavy atom. The molecule has 1 fully saturated rings. The molecule has 23 heavy (non-hydrogen) atoms. The second-order valence-corrected chi connectivity index (χ2v) is 5.89. The third-order valence-corrected chi connectivity index (χ3v) is 4.40. The molecule has 122 valence electrons. The standard InChI is InChI=1S/C16H17ClFN3O2/c1-10-14(15(17)20(2)19-10)16(22)21-7-8-23-13(9-21)11-3-5-12(18)6-4-11/h3-6,13H,7-9H2,1-2H3/t13-/m0/s1. The van der Waals surface area contributed by atoms with Crippen LogP contribution < -0.4 is 0 Å². The number of carbonyl (C=O) groups excluding carboxylic acids is 1. The third kappa shape index (κ3) is 3.09. The fraction of sp³-hybridized carbons (Fsp3) is 0.375. The molecule has 1 aliphatic heterocycles. The zero-order chi connectivity index (χ0) is 16.6. The number of morpholine rings is 1. The molecule has 0 N–H and O–H groups in total. The average molecular weight is 338 g/mol. The van der Waals surface area contributed by atoms with Crippen molar-refractivity contribution in [3.63, 3.8) is 0 Å². The summed E-state index contributed by atoms with van der Waals surface area (Å²) in [7, 11) is 1.70. The number of amides is 1. The van der Waals surface area contributed by atoms with Gasteiger partial charge in [-0.1, -0.05) is 23.7 Å². The normalized spacial score (nSPS) is 18.3. The lowest BCUT2D eigenvalue weighted by Crippen LogP contribution is -2.42. The molecule has 7 heteroatoms. The van der Waals surface area contributed by atoms with Gasteiger partial charge in [-0.05, 0) is 24.6 Å². The minimum Gasteiger partial charge on any atom is -0.370 e. The summed E-state index contributed by atoms with van der Waals surface area (Å²) < 4.78 is 20.2. The maximum Gasteiger partial charge on any atom is 0.259 e. The first kappa shape index (κ1) is 16.0. The molecule has 1 aliphatic rings. The molecular formula is C16H17ClFN3O2.